The molecule has 2 aromatic heterocycles. The molecule has 0 saturated carbocycles. The van der Waals surface area contributed by atoms with Gasteiger partial charge in [-0.1, -0.05) is 13.8 Å². The maximum absolute atomic E-state index is 6.05. The lowest BCUT2D eigenvalue weighted by Crippen LogP contribution is -2.30. The van der Waals surface area contributed by atoms with E-state index in [0.29, 0.717) is 17.3 Å². The number of hydrogen-bond donors (Lipinski definition) is 0. The van der Waals surface area contributed by atoms with Crippen LogP contribution in [0.3, 0.4) is 0 Å². The van der Waals surface area contributed by atoms with E-state index in [1.54, 1.807) is 7.11 Å². The summed E-state index contributed by atoms with van der Waals surface area (Å²) in [6.45, 7) is 6.51. The van der Waals surface area contributed by atoms with Crippen LogP contribution in [-0.4, -0.2) is 26.6 Å². The Morgan fingerprint density at radius 1 is 1.32 bits per heavy atom. The van der Waals surface area contributed by atoms with Gasteiger partial charge in [-0.2, -0.15) is 4.98 Å². The molecule has 104 valence electrons. The van der Waals surface area contributed by atoms with Crippen molar-refractivity contribution in [3.05, 3.63) is 12.2 Å². The number of halogens is 1. The van der Waals surface area contributed by atoms with Crippen molar-refractivity contribution in [3.63, 3.8) is 0 Å². The summed E-state index contributed by atoms with van der Waals surface area (Å²) in [4.78, 5) is 13.0. The highest BCUT2D eigenvalue weighted by Crippen LogP contribution is 2.32. The first-order valence-electron chi connectivity index (χ1n) is 6.44. The van der Waals surface area contributed by atoms with Crippen molar-refractivity contribution in [1.29, 1.82) is 0 Å². The lowest BCUT2D eigenvalue weighted by molar-refractivity contribution is 0.294. The third-order valence-electron chi connectivity index (χ3n) is 3.86. The number of fused-ring (bicyclic) bond motifs is 1. The van der Waals surface area contributed by atoms with Gasteiger partial charge in [0.2, 0.25) is 5.88 Å². The second kappa shape index (κ2) is 5.33. The molecule has 2 heterocycles. The predicted octanol–water partition coefficient (Wildman–Crippen LogP) is 3.11. The van der Waals surface area contributed by atoms with Gasteiger partial charge in [-0.05, 0) is 19.8 Å². The van der Waals surface area contributed by atoms with Crippen molar-refractivity contribution in [2.75, 3.05) is 7.11 Å². The van der Waals surface area contributed by atoms with Gasteiger partial charge in [0, 0.05) is 5.54 Å². The fraction of sp³-hybridized carbons (Fsp3) is 0.615. The second-order valence-corrected chi connectivity index (χ2v) is 5.02. The highest BCUT2D eigenvalue weighted by molar-refractivity contribution is 6.16. The highest BCUT2D eigenvalue weighted by Gasteiger charge is 2.29. The zero-order valence-corrected chi connectivity index (χ0v) is 12.5. The third kappa shape index (κ3) is 2.16. The summed E-state index contributed by atoms with van der Waals surface area (Å²) in [5.74, 6) is 1.64. The smallest absolute Gasteiger partial charge is 0.245 e. The van der Waals surface area contributed by atoms with Crippen LogP contribution in [0.25, 0.3) is 11.2 Å². The Hall–Kier alpha value is -1.36. The lowest BCUT2D eigenvalue weighted by atomic mass is 9.95. The molecule has 0 unspecified atom stereocenters. The van der Waals surface area contributed by atoms with Gasteiger partial charge in [0.1, 0.15) is 12.2 Å². The van der Waals surface area contributed by atoms with Crippen molar-refractivity contribution in [3.8, 4) is 5.88 Å². The van der Waals surface area contributed by atoms with E-state index in [1.165, 1.54) is 6.33 Å². The molecule has 0 bridgehead atoms. The predicted molar refractivity (Wildman–Crippen MR) is 75.7 cm³/mol. The van der Waals surface area contributed by atoms with Gasteiger partial charge in [0.15, 0.2) is 11.2 Å². The van der Waals surface area contributed by atoms with E-state index in [0.717, 1.165) is 24.3 Å². The Morgan fingerprint density at radius 2 is 2.00 bits per heavy atom. The number of nitrogens with zero attached hydrogens (tertiary/aromatic N) is 4. The lowest BCUT2D eigenvalue weighted by Gasteiger charge is -2.30. The number of imidazole rings is 1. The number of methoxy groups -OCH3 is 1. The van der Waals surface area contributed by atoms with E-state index in [2.05, 4.69) is 40.3 Å². The van der Waals surface area contributed by atoms with Gasteiger partial charge >= 0.3 is 0 Å². The molecule has 0 atom stereocenters. The summed E-state index contributed by atoms with van der Waals surface area (Å²) in [6.07, 6.45) is 3.46. The minimum Gasteiger partial charge on any atom is -0.479 e. The molecule has 0 aliphatic carbocycles. The van der Waals surface area contributed by atoms with E-state index in [-0.39, 0.29) is 5.54 Å². The summed E-state index contributed by atoms with van der Waals surface area (Å²) in [5.41, 5.74) is 1.40. The Labute approximate surface area is 118 Å². The molecule has 2 aromatic rings. The van der Waals surface area contributed by atoms with Crippen LogP contribution < -0.4 is 4.74 Å². The molecule has 0 spiro atoms. The maximum Gasteiger partial charge on any atom is 0.245 e. The summed E-state index contributed by atoms with van der Waals surface area (Å²) >= 11 is 6.05. The molecule has 19 heavy (non-hydrogen) atoms. The van der Waals surface area contributed by atoms with Gasteiger partial charge in [0.05, 0.1) is 13.0 Å². The molecule has 5 nitrogen and oxygen atoms in total. The first-order valence-corrected chi connectivity index (χ1v) is 6.97. The molecule has 0 amide bonds. The SMILES string of the molecule is CCC(C)(CC)n1c(CCl)nc2c(OC)ncnc21. The second-order valence-electron chi connectivity index (χ2n) is 4.76. The van der Waals surface area contributed by atoms with Crippen molar-refractivity contribution in [1.82, 2.24) is 19.5 Å². The van der Waals surface area contributed by atoms with Crippen LogP contribution in [0.5, 0.6) is 5.88 Å². The minimum atomic E-state index is -0.0572. The van der Waals surface area contributed by atoms with Gasteiger partial charge in [0.25, 0.3) is 0 Å². The Balaban J connectivity index is 2.78. The van der Waals surface area contributed by atoms with E-state index < -0.39 is 0 Å². The average molecular weight is 283 g/mol. The maximum atomic E-state index is 6.05. The zero-order valence-electron chi connectivity index (χ0n) is 11.8. The average Bonchev–Trinajstić information content (AvgIpc) is 2.85. The zero-order chi connectivity index (χ0) is 14.0. The normalized spacial score (nSPS) is 12.1. The van der Waals surface area contributed by atoms with Crippen LogP contribution in [0.15, 0.2) is 6.33 Å². The standard InChI is InChI=1S/C13H19ClN4O/c1-5-13(3,6-2)18-9(7-14)17-10-11(18)15-8-16-12(10)19-4/h8H,5-7H2,1-4H3. The van der Waals surface area contributed by atoms with E-state index in [9.17, 15) is 0 Å². The van der Waals surface area contributed by atoms with Crippen LogP contribution in [0.2, 0.25) is 0 Å². The van der Waals surface area contributed by atoms with Crippen LogP contribution in [0, 0.1) is 0 Å². The highest BCUT2D eigenvalue weighted by atomic mass is 35.5. The van der Waals surface area contributed by atoms with Crippen LogP contribution in [0.1, 0.15) is 39.4 Å². The first kappa shape index (κ1) is 14.1. The van der Waals surface area contributed by atoms with Gasteiger partial charge < -0.3 is 9.30 Å². The monoisotopic (exact) mass is 282 g/mol. The minimum absolute atomic E-state index is 0.0572. The van der Waals surface area contributed by atoms with Crippen LogP contribution in [0.4, 0.5) is 0 Å². The quantitative estimate of drug-likeness (QED) is 0.791. The number of hydrogen-bond acceptors (Lipinski definition) is 4. The molecule has 0 N–H and O–H groups in total. The van der Waals surface area contributed by atoms with Gasteiger partial charge in [-0.25, -0.2) is 9.97 Å². The molecular formula is C13H19ClN4O. The van der Waals surface area contributed by atoms with Crippen molar-refractivity contribution in [2.45, 2.75) is 45.0 Å². The molecule has 0 aromatic carbocycles. The molecule has 6 heteroatoms. The summed E-state index contributed by atoms with van der Waals surface area (Å²) < 4.78 is 7.37. The number of aromatic nitrogens is 4. The summed E-state index contributed by atoms with van der Waals surface area (Å²) in [7, 11) is 1.58. The molecule has 0 aliphatic heterocycles. The molecule has 0 radical (unpaired) electrons. The largest absolute Gasteiger partial charge is 0.479 e. The van der Waals surface area contributed by atoms with Crippen LogP contribution in [-0.2, 0) is 11.4 Å². The van der Waals surface area contributed by atoms with Crippen molar-refractivity contribution < 1.29 is 4.74 Å². The van der Waals surface area contributed by atoms with E-state index in [4.69, 9.17) is 16.3 Å². The number of alkyl halides is 1. The van der Waals surface area contributed by atoms with E-state index >= 15 is 0 Å². The summed E-state index contributed by atoms with van der Waals surface area (Å²) in [6, 6.07) is 0. The molecule has 0 saturated heterocycles. The first-order chi connectivity index (χ1) is 9.11. The Bertz CT molecular complexity index is 577. The third-order valence-corrected chi connectivity index (χ3v) is 4.10. The Kier molecular flexibility index (Phi) is 3.94. The van der Waals surface area contributed by atoms with Crippen molar-refractivity contribution in [2.24, 2.45) is 0 Å². The van der Waals surface area contributed by atoms with Crippen molar-refractivity contribution >= 4 is 22.8 Å². The fourth-order valence-electron chi connectivity index (χ4n) is 2.29. The molecule has 2 rings (SSSR count). The van der Waals surface area contributed by atoms with Gasteiger partial charge in [-0.3, -0.25) is 0 Å². The number of rotatable bonds is 5. The topological polar surface area (TPSA) is 52.8 Å². The van der Waals surface area contributed by atoms with Crippen LogP contribution >= 0.6 is 11.6 Å². The fourth-order valence-corrected chi connectivity index (χ4v) is 2.47. The molecule has 0 fully saturated rings. The number of ether oxygens (including phenoxy) is 1. The molecular weight excluding hydrogens is 264 g/mol. The molecule has 0 aliphatic rings. The van der Waals surface area contributed by atoms with E-state index in [1.807, 2.05) is 0 Å². The Morgan fingerprint density at radius 3 is 2.53 bits per heavy atom. The van der Waals surface area contributed by atoms with Gasteiger partial charge in [-0.15, -0.1) is 11.6 Å². The summed E-state index contributed by atoms with van der Waals surface area (Å²) in [5, 5.41) is 0.